The molecular weight excluding hydrogens is 198 g/mol. The SMILES string of the molecule is CC(=O)C(CCc1ccccc1C)N(C)C. The number of hydrogen-bond acceptors (Lipinski definition) is 2. The minimum Gasteiger partial charge on any atom is -0.300 e. The molecule has 0 heterocycles. The van der Waals surface area contributed by atoms with Crippen LogP contribution in [-0.2, 0) is 11.2 Å². The molecule has 0 N–H and O–H groups in total. The minimum absolute atomic E-state index is 0.0413. The molecule has 0 aliphatic rings. The van der Waals surface area contributed by atoms with Gasteiger partial charge in [-0.05, 0) is 51.9 Å². The number of aryl methyl sites for hydroxylation is 2. The first-order valence-corrected chi connectivity index (χ1v) is 5.73. The van der Waals surface area contributed by atoms with Crippen LogP contribution >= 0.6 is 0 Å². The highest BCUT2D eigenvalue weighted by Crippen LogP contribution is 2.12. The highest BCUT2D eigenvalue weighted by Gasteiger charge is 2.16. The van der Waals surface area contributed by atoms with Gasteiger partial charge in [-0.25, -0.2) is 0 Å². The number of rotatable bonds is 5. The molecule has 0 fully saturated rings. The fourth-order valence-corrected chi connectivity index (χ4v) is 2.01. The molecule has 0 aliphatic heterocycles. The van der Waals surface area contributed by atoms with Crippen LogP contribution in [0.15, 0.2) is 24.3 Å². The van der Waals surface area contributed by atoms with Crippen molar-refractivity contribution in [1.29, 1.82) is 0 Å². The Kier molecular flexibility index (Phi) is 4.69. The zero-order valence-corrected chi connectivity index (χ0v) is 10.7. The van der Waals surface area contributed by atoms with E-state index in [1.165, 1.54) is 11.1 Å². The molecule has 1 rings (SSSR count). The lowest BCUT2D eigenvalue weighted by Crippen LogP contribution is -2.34. The summed E-state index contributed by atoms with van der Waals surface area (Å²) in [6.45, 7) is 3.79. The van der Waals surface area contributed by atoms with Crippen molar-refractivity contribution < 1.29 is 4.79 Å². The van der Waals surface area contributed by atoms with E-state index in [1.807, 2.05) is 25.1 Å². The predicted molar refractivity (Wildman–Crippen MR) is 67.7 cm³/mol. The van der Waals surface area contributed by atoms with Crippen molar-refractivity contribution in [2.75, 3.05) is 14.1 Å². The van der Waals surface area contributed by atoms with E-state index in [1.54, 1.807) is 6.92 Å². The number of benzene rings is 1. The lowest BCUT2D eigenvalue weighted by Gasteiger charge is -2.21. The van der Waals surface area contributed by atoms with Crippen molar-refractivity contribution in [3.05, 3.63) is 35.4 Å². The Bertz CT molecular complexity index is 358. The predicted octanol–water partition coefficient (Wildman–Crippen LogP) is 2.45. The Hall–Kier alpha value is -1.15. The summed E-state index contributed by atoms with van der Waals surface area (Å²) in [5.74, 6) is 0.249. The highest BCUT2D eigenvalue weighted by atomic mass is 16.1. The summed E-state index contributed by atoms with van der Waals surface area (Å²) in [6, 6.07) is 8.41. The molecule has 1 atom stereocenters. The Morgan fingerprint density at radius 3 is 2.44 bits per heavy atom. The second kappa shape index (κ2) is 5.80. The fourth-order valence-electron chi connectivity index (χ4n) is 2.01. The van der Waals surface area contributed by atoms with E-state index in [9.17, 15) is 4.79 Å². The largest absolute Gasteiger partial charge is 0.300 e. The van der Waals surface area contributed by atoms with Crippen LogP contribution in [0.5, 0.6) is 0 Å². The van der Waals surface area contributed by atoms with E-state index >= 15 is 0 Å². The fraction of sp³-hybridized carbons (Fsp3) is 0.500. The first kappa shape index (κ1) is 12.9. The summed E-state index contributed by atoms with van der Waals surface area (Å²) in [7, 11) is 3.92. The lowest BCUT2D eigenvalue weighted by molar-refractivity contribution is -0.121. The lowest BCUT2D eigenvalue weighted by atomic mass is 9.99. The normalized spacial score (nSPS) is 12.8. The molecule has 1 aromatic rings. The van der Waals surface area contributed by atoms with Gasteiger partial charge in [0.1, 0.15) is 5.78 Å². The molecule has 2 heteroatoms. The molecule has 0 amide bonds. The first-order chi connectivity index (χ1) is 7.52. The molecule has 88 valence electrons. The Balaban J connectivity index is 2.63. The zero-order chi connectivity index (χ0) is 12.1. The van der Waals surface area contributed by atoms with Crippen LogP contribution in [0.3, 0.4) is 0 Å². The van der Waals surface area contributed by atoms with Gasteiger partial charge in [0.05, 0.1) is 6.04 Å². The summed E-state index contributed by atoms with van der Waals surface area (Å²) in [5, 5.41) is 0. The van der Waals surface area contributed by atoms with Crippen molar-refractivity contribution in [2.24, 2.45) is 0 Å². The number of Topliss-reactive ketones (excluding diaryl/α,β-unsaturated/α-hetero) is 1. The third kappa shape index (κ3) is 3.46. The van der Waals surface area contributed by atoms with E-state index < -0.39 is 0 Å². The van der Waals surface area contributed by atoms with Crippen molar-refractivity contribution >= 4 is 5.78 Å². The minimum atomic E-state index is 0.0413. The van der Waals surface area contributed by atoms with Gasteiger partial charge in [0.2, 0.25) is 0 Å². The zero-order valence-electron chi connectivity index (χ0n) is 10.7. The van der Waals surface area contributed by atoms with Gasteiger partial charge in [-0.2, -0.15) is 0 Å². The van der Waals surface area contributed by atoms with E-state index in [4.69, 9.17) is 0 Å². The van der Waals surface area contributed by atoms with Crippen LogP contribution in [0.4, 0.5) is 0 Å². The summed E-state index contributed by atoms with van der Waals surface area (Å²) < 4.78 is 0. The van der Waals surface area contributed by atoms with Gasteiger partial charge in [0.15, 0.2) is 0 Å². The average Bonchev–Trinajstić information content (AvgIpc) is 2.20. The van der Waals surface area contributed by atoms with Crippen molar-refractivity contribution in [3.8, 4) is 0 Å². The van der Waals surface area contributed by atoms with Crippen LogP contribution in [0, 0.1) is 6.92 Å². The molecule has 0 saturated carbocycles. The number of likely N-dealkylation sites (N-methyl/N-ethyl adjacent to an activating group) is 1. The van der Waals surface area contributed by atoms with E-state index in [-0.39, 0.29) is 11.8 Å². The van der Waals surface area contributed by atoms with Crippen LogP contribution < -0.4 is 0 Å². The van der Waals surface area contributed by atoms with Crippen LogP contribution in [0.1, 0.15) is 24.5 Å². The first-order valence-electron chi connectivity index (χ1n) is 5.73. The van der Waals surface area contributed by atoms with Gasteiger partial charge in [-0.3, -0.25) is 9.69 Å². The molecule has 2 nitrogen and oxygen atoms in total. The molecule has 0 spiro atoms. The topological polar surface area (TPSA) is 20.3 Å². The number of carbonyl (C=O) groups is 1. The van der Waals surface area contributed by atoms with Gasteiger partial charge < -0.3 is 0 Å². The molecule has 0 bridgehead atoms. The average molecular weight is 219 g/mol. The maximum atomic E-state index is 11.4. The molecular formula is C14H21NO. The monoisotopic (exact) mass is 219 g/mol. The Morgan fingerprint density at radius 1 is 1.31 bits per heavy atom. The maximum absolute atomic E-state index is 11.4. The van der Waals surface area contributed by atoms with E-state index in [0.29, 0.717) is 0 Å². The molecule has 1 unspecified atom stereocenters. The van der Waals surface area contributed by atoms with Crippen molar-refractivity contribution in [2.45, 2.75) is 32.7 Å². The summed E-state index contributed by atoms with van der Waals surface area (Å²) in [5.41, 5.74) is 2.65. The molecule has 16 heavy (non-hydrogen) atoms. The molecule has 0 saturated heterocycles. The third-order valence-corrected chi connectivity index (χ3v) is 3.04. The molecule has 0 radical (unpaired) electrons. The second-order valence-corrected chi connectivity index (χ2v) is 4.56. The number of nitrogens with zero attached hydrogens (tertiary/aromatic N) is 1. The molecule has 0 aromatic heterocycles. The highest BCUT2D eigenvalue weighted by molar-refractivity contribution is 5.81. The summed E-state index contributed by atoms with van der Waals surface area (Å²) in [4.78, 5) is 13.5. The number of ketones is 1. The number of carbonyl (C=O) groups excluding carboxylic acids is 1. The Labute approximate surface area is 98.3 Å². The standard InChI is InChI=1S/C14H21NO/c1-11-7-5-6-8-13(11)9-10-14(12(2)16)15(3)4/h5-8,14H,9-10H2,1-4H3. The quantitative estimate of drug-likeness (QED) is 0.758. The Morgan fingerprint density at radius 2 is 1.94 bits per heavy atom. The van der Waals surface area contributed by atoms with Gasteiger partial charge in [0, 0.05) is 0 Å². The van der Waals surface area contributed by atoms with Crippen molar-refractivity contribution in [1.82, 2.24) is 4.90 Å². The van der Waals surface area contributed by atoms with Crippen LogP contribution in [-0.4, -0.2) is 30.8 Å². The van der Waals surface area contributed by atoms with Crippen LogP contribution in [0.2, 0.25) is 0 Å². The number of hydrogen-bond donors (Lipinski definition) is 0. The second-order valence-electron chi connectivity index (χ2n) is 4.56. The van der Waals surface area contributed by atoms with Gasteiger partial charge in [-0.1, -0.05) is 24.3 Å². The van der Waals surface area contributed by atoms with Crippen LogP contribution in [0.25, 0.3) is 0 Å². The third-order valence-electron chi connectivity index (χ3n) is 3.04. The smallest absolute Gasteiger partial charge is 0.146 e. The van der Waals surface area contributed by atoms with Gasteiger partial charge in [0.25, 0.3) is 0 Å². The summed E-state index contributed by atoms with van der Waals surface area (Å²) >= 11 is 0. The van der Waals surface area contributed by atoms with E-state index in [2.05, 4.69) is 25.1 Å². The van der Waals surface area contributed by atoms with Gasteiger partial charge >= 0.3 is 0 Å². The van der Waals surface area contributed by atoms with Gasteiger partial charge in [-0.15, -0.1) is 0 Å². The van der Waals surface area contributed by atoms with E-state index in [0.717, 1.165) is 12.8 Å². The molecule has 1 aromatic carbocycles. The van der Waals surface area contributed by atoms with Crippen molar-refractivity contribution in [3.63, 3.8) is 0 Å². The molecule has 0 aliphatic carbocycles. The summed E-state index contributed by atoms with van der Waals surface area (Å²) in [6.07, 6.45) is 1.86. The maximum Gasteiger partial charge on any atom is 0.146 e.